The Labute approximate surface area is 250 Å². The first-order valence-electron chi connectivity index (χ1n) is 14.4. The number of hydrogen-bond donors (Lipinski definition) is 3. The largest absolute Gasteiger partial charge is 0.490 e. The Bertz CT molecular complexity index is 1570. The number of amides is 2. The molecule has 1 aliphatic carbocycles. The van der Waals surface area contributed by atoms with E-state index in [2.05, 4.69) is 10.6 Å². The summed E-state index contributed by atoms with van der Waals surface area (Å²) in [5, 5.41) is 15.1. The number of hydrogen-bond acceptors (Lipinski definition) is 5. The van der Waals surface area contributed by atoms with Crippen LogP contribution in [0.1, 0.15) is 57.5 Å². The lowest BCUT2D eigenvalue weighted by Crippen LogP contribution is -2.39. The third-order valence-electron chi connectivity index (χ3n) is 7.48. The molecule has 3 N–H and O–H groups in total. The van der Waals surface area contributed by atoms with Crippen LogP contribution in [0.15, 0.2) is 97.1 Å². The van der Waals surface area contributed by atoms with Gasteiger partial charge in [0.2, 0.25) is 5.91 Å². The average Bonchev–Trinajstić information content (AvgIpc) is 3.00. The Balaban J connectivity index is 1.06. The number of ether oxygens (including phenoxy) is 2. The first-order chi connectivity index (χ1) is 20.8. The van der Waals surface area contributed by atoms with Crippen LogP contribution in [-0.2, 0) is 11.2 Å². The van der Waals surface area contributed by atoms with Gasteiger partial charge < -0.3 is 25.2 Å². The summed E-state index contributed by atoms with van der Waals surface area (Å²) in [6.07, 6.45) is 3.68. The number of carbonyl (C=O) groups excluding carboxylic acids is 2. The van der Waals surface area contributed by atoms with Crippen molar-refractivity contribution in [1.82, 2.24) is 5.32 Å². The standard InChI is InChI=1S/C35H34N2O6/c1-23-6-2-3-7-30(23)34(39)36-25-12-16-27(17-13-25)43-29-20-18-28(19-21-29)42-26-14-10-24(11-15-26)22-33(38)37-32-9-5-4-8-31(32)35(40)41/h2-11,14-15,18-21,25,27H,12-13,16-17,22H2,1H3,(H,36,39)(H,37,38)(H,40,41). The molecule has 1 saturated carbocycles. The van der Waals surface area contributed by atoms with Crippen molar-refractivity contribution in [2.75, 3.05) is 5.32 Å². The normalized spacial score (nSPS) is 16.1. The fourth-order valence-electron chi connectivity index (χ4n) is 5.16. The monoisotopic (exact) mass is 578 g/mol. The molecule has 5 rings (SSSR count). The summed E-state index contributed by atoms with van der Waals surface area (Å²) >= 11 is 0. The van der Waals surface area contributed by atoms with Gasteiger partial charge in [-0.25, -0.2) is 4.79 Å². The molecular formula is C35H34N2O6. The molecule has 2 amide bonds. The maximum atomic E-state index is 12.6. The van der Waals surface area contributed by atoms with E-state index >= 15 is 0 Å². The fourth-order valence-corrected chi connectivity index (χ4v) is 5.16. The van der Waals surface area contributed by atoms with Crippen LogP contribution in [0.25, 0.3) is 0 Å². The van der Waals surface area contributed by atoms with Crippen LogP contribution < -0.4 is 20.1 Å². The van der Waals surface area contributed by atoms with Crippen molar-refractivity contribution in [2.24, 2.45) is 0 Å². The number of carbonyl (C=O) groups is 3. The third-order valence-corrected chi connectivity index (χ3v) is 7.48. The first-order valence-corrected chi connectivity index (χ1v) is 14.4. The molecule has 0 bridgehead atoms. The molecule has 0 aromatic heterocycles. The molecule has 1 aliphatic rings. The second-order valence-electron chi connectivity index (χ2n) is 10.7. The summed E-state index contributed by atoms with van der Waals surface area (Å²) in [6.45, 7) is 1.95. The lowest BCUT2D eigenvalue weighted by atomic mass is 9.92. The zero-order chi connectivity index (χ0) is 30.2. The van der Waals surface area contributed by atoms with E-state index in [0.29, 0.717) is 11.5 Å². The Morgan fingerprint density at radius 3 is 1.98 bits per heavy atom. The molecule has 43 heavy (non-hydrogen) atoms. The van der Waals surface area contributed by atoms with Gasteiger partial charge in [-0.05, 0) is 98.3 Å². The van der Waals surface area contributed by atoms with Gasteiger partial charge in [-0.15, -0.1) is 0 Å². The number of carboxylic acids is 1. The van der Waals surface area contributed by atoms with Crippen LogP contribution in [-0.4, -0.2) is 35.0 Å². The van der Waals surface area contributed by atoms with E-state index in [0.717, 1.165) is 48.1 Å². The predicted octanol–water partition coefficient (Wildman–Crippen LogP) is 6.79. The first kappa shape index (κ1) is 29.4. The zero-order valence-electron chi connectivity index (χ0n) is 23.9. The van der Waals surface area contributed by atoms with E-state index in [1.54, 1.807) is 42.5 Å². The SMILES string of the molecule is Cc1ccccc1C(=O)NC1CCC(Oc2ccc(Oc3ccc(CC(=O)Nc4ccccc4C(=O)O)cc3)cc2)CC1. The number of carboxylic acid groups (broad SMARTS) is 1. The Morgan fingerprint density at radius 2 is 1.33 bits per heavy atom. The average molecular weight is 579 g/mol. The molecule has 0 atom stereocenters. The van der Waals surface area contributed by atoms with Gasteiger partial charge in [0.15, 0.2) is 0 Å². The van der Waals surface area contributed by atoms with Crippen LogP contribution >= 0.6 is 0 Å². The molecule has 4 aromatic carbocycles. The highest BCUT2D eigenvalue weighted by Gasteiger charge is 2.24. The lowest BCUT2D eigenvalue weighted by Gasteiger charge is -2.29. The molecule has 220 valence electrons. The van der Waals surface area contributed by atoms with Crippen molar-refractivity contribution in [2.45, 2.75) is 51.2 Å². The van der Waals surface area contributed by atoms with E-state index in [1.807, 2.05) is 55.5 Å². The van der Waals surface area contributed by atoms with Crippen molar-refractivity contribution < 1.29 is 29.0 Å². The highest BCUT2D eigenvalue weighted by Crippen LogP contribution is 2.28. The van der Waals surface area contributed by atoms with Gasteiger partial charge in [0.05, 0.1) is 23.8 Å². The molecular weight excluding hydrogens is 544 g/mol. The second kappa shape index (κ2) is 13.7. The van der Waals surface area contributed by atoms with Crippen molar-refractivity contribution in [3.63, 3.8) is 0 Å². The van der Waals surface area contributed by atoms with Crippen LogP contribution in [0.4, 0.5) is 5.69 Å². The number of rotatable bonds is 10. The number of aromatic carboxylic acids is 1. The highest BCUT2D eigenvalue weighted by atomic mass is 16.5. The molecule has 0 spiro atoms. The van der Waals surface area contributed by atoms with Gasteiger partial charge in [-0.1, -0.05) is 42.5 Å². The second-order valence-corrected chi connectivity index (χ2v) is 10.7. The van der Waals surface area contributed by atoms with E-state index in [4.69, 9.17) is 9.47 Å². The highest BCUT2D eigenvalue weighted by molar-refractivity contribution is 6.01. The maximum Gasteiger partial charge on any atom is 0.337 e. The summed E-state index contributed by atoms with van der Waals surface area (Å²) in [5.41, 5.74) is 2.78. The van der Waals surface area contributed by atoms with E-state index in [1.165, 1.54) is 6.07 Å². The topological polar surface area (TPSA) is 114 Å². The molecule has 4 aromatic rings. The number of aryl methyl sites for hydroxylation is 1. The van der Waals surface area contributed by atoms with Crippen molar-refractivity contribution >= 4 is 23.5 Å². The minimum Gasteiger partial charge on any atom is -0.490 e. The van der Waals surface area contributed by atoms with E-state index in [9.17, 15) is 19.5 Å². The summed E-state index contributed by atoms with van der Waals surface area (Å²) in [6, 6.07) is 28.7. The molecule has 0 unspecified atom stereocenters. The quantitative estimate of drug-likeness (QED) is 0.191. The Morgan fingerprint density at radius 1 is 0.744 bits per heavy atom. The summed E-state index contributed by atoms with van der Waals surface area (Å²) in [5.74, 6) is 0.632. The molecule has 1 fully saturated rings. The number of nitrogens with one attached hydrogen (secondary N) is 2. The molecule has 0 radical (unpaired) electrons. The van der Waals surface area contributed by atoms with Gasteiger partial charge in [-0.3, -0.25) is 9.59 Å². The van der Waals surface area contributed by atoms with Crippen molar-refractivity contribution in [1.29, 1.82) is 0 Å². The van der Waals surface area contributed by atoms with Crippen molar-refractivity contribution in [3.05, 3.63) is 119 Å². The zero-order valence-corrected chi connectivity index (χ0v) is 23.9. The minimum absolute atomic E-state index is 0.0164. The Kier molecular flexibility index (Phi) is 9.36. The molecule has 0 aliphatic heterocycles. The molecule has 8 nitrogen and oxygen atoms in total. The minimum atomic E-state index is -1.10. The summed E-state index contributed by atoms with van der Waals surface area (Å²) in [4.78, 5) is 36.5. The van der Waals surface area contributed by atoms with Crippen LogP contribution in [0.3, 0.4) is 0 Å². The molecule has 0 heterocycles. The number of benzene rings is 4. The smallest absolute Gasteiger partial charge is 0.337 e. The van der Waals surface area contributed by atoms with E-state index in [-0.39, 0.29) is 41.6 Å². The van der Waals surface area contributed by atoms with E-state index < -0.39 is 5.97 Å². The molecule has 0 saturated heterocycles. The fraction of sp³-hybridized carbons (Fsp3) is 0.229. The van der Waals surface area contributed by atoms with Gasteiger partial charge in [-0.2, -0.15) is 0 Å². The summed E-state index contributed by atoms with van der Waals surface area (Å²) < 4.78 is 12.1. The van der Waals surface area contributed by atoms with Crippen LogP contribution in [0.2, 0.25) is 0 Å². The van der Waals surface area contributed by atoms with Gasteiger partial charge in [0.1, 0.15) is 17.2 Å². The number of para-hydroxylation sites is 1. The lowest BCUT2D eigenvalue weighted by molar-refractivity contribution is -0.115. The summed E-state index contributed by atoms with van der Waals surface area (Å²) in [7, 11) is 0. The Hall–Kier alpha value is -5.11. The van der Waals surface area contributed by atoms with Gasteiger partial charge in [0.25, 0.3) is 5.91 Å². The van der Waals surface area contributed by atoms with Gasteiger partial charge in [0, 0.05) is 11.6 Å². The number of anilines is 1. The molecule has 8 heteroatoms. The predicted molar refractivity (Wildman–Crippen MR) is 164 cm³/mol. The maximum absolute atomic E-state index is 12.6. The van der Waals surface area contributed by atoms with Crippen LogP contribution in [0, 0.1) is 6.92 Å². The van der Waals surface area contributed by atoms with Gasteiger partial charge >= 0.3 is 5.97 Å². The third kappa shape index (κ3) is 8.01. The van der Waals surface area contributed by atoms with Crippen LogP contribution in [0.5, 0.6) is 17.2 Å². The van der Waals surface area contributed by atoms with Crippen molar-refractivity contribution in [3.8, 4) is 17.2 Å².